The largest absolute Gasteiger partial charge is 0.298 e. The van der Waals surface area contributed by atoms with Crippen LogP contribution in [0.3, 0.4) is 0 Å². The molecular formula is C7H6BO. The molecule has 0 N–H and O–H groups in total. The standard InChI is InChI=1S/C7H6O.B/c8-6-7-4-2-1-3-5-7;/h1-6H;. The quantitative estimate of drug-likeness (QED) is 0.397. The minimum absolute atomic E-state index is 0. The Morgan fingerprint density at radius 3 is 2.00 bits per heavy atom. The van der Waals surface area contributed by atoms with Crippen LogP contribution in [0.25, 0.3) is 0 Å². The number of aldehydes is 1. The van der Waals surface area contributed by atoms with Gasteiger partial charge in [0, 0.05) is 14.0 Å². The van der Waals surface area contributed by atoms with E-state index < -0.39 is 0 Å². The first-order chi connectivity index (χ1) is 3.93. The summed E-state index contributed by atoms with van der Waals surface area (Å²) in [5.41, 5.74) is 0.729. The molecule has 0 spiro atoms. The number of hydrogen-bond donors (Lipinski definition) is 0. The van der Waals surface area contributed by atoms with Gasteiger partial charge in [-0.05, 0) is 0 Å². The lowest BCUT2D eigenvalue weighted by Gasteiger charge is -1.81. The molecule has 43 valence electrons. The van der Waals surface area contributed by atoms with Gasteiger partial charge in [0.2, 0.25) is 0 Å². The van der Waals surface area contributed by atoms with Crippen LogP contribution in [0, 0.1) is 0 Å². The number of carbonyl (C=O) groups is 1. The Kier molecular flexibility index (Phi) is 3.44. The second kappa shape index (κ2) is 3.90. The van der Waals surface area contributed by atoms with Gasteiger partial charge in [-0.25, -0.2) is 0 Å². The van der Waals surface area contributed by atoms with Gasteiger partial charge < -0.3 is 0 Å². The molecule has 0 aliphatic rings. The molecular weight excluding hydrogens is 111 g/mol. The second-order valence-corrected chi connectivity index (χ2v) is 1.53. The highest BCUT2D eigenvalue weighted by Crippen LogP contribution is 1.91. The Balaban J connectivity index is 0.000000640. The van der Waals surface area contributed by atoms with Gasteiger partial charge in [-0.15, -0.1) is 0 Å². The topological polar surface area (TPSA) is 17.1 Å². The number of benzene rings is 1. The maximum Gasteiger partial charge on any atom is 0.150 e. The van der Waals surface area contributed by atoms with E-state index in [2.05, 4.69) is 0 Å². The predicted octanol–water partition coefficient (Wildman–Crippen LogP) is 1.12. The zero-order valence-corrected chi connectivity index (χ0v) is 4.95. The summed E-state index contributed by atoms with van der Waals surface area (Å²) in [6.45, 7) is 0. The van der Waals surface area contributed by atoms with Crippen LogP contribution in [0.4, 0.5) is 0 Å². The van der Waals surface area contributed by atoms with Crippen molar-refractivity contribution >= 4 is 14.7 Å². The average Bonchev–Trinajstić information content (AvgIpc) is 1.90. The fourth-order valence-electron chi connectivity index (χ4n) is 0.532. The highest BCUT2D eigenvalue weighted by molar-refractivity contribution is 5.75. The van der Waals surface area contributed by atoms with Crippen molar-refractivity contribution in [2.24, 2.45) is 0 Å². The molecule has 3 radical (unpaired) electrons. The molecule has 0 atom stereocenters. The van der Waals surface area contributed by atoms with E-state index in [1.165, 1.54) is 0 Å². The van der Waals surface area contributed by atoms with E-state index in [4.69, 9.17) is 0 Å². The summed E-state index contributed by atoms with van der Waals surface area (Å²) in [4.78, 5) is 10.0. The molecule has 0 bridgehead atoms. The molecule has 0 aliphatic carbocycles. The Labute approximate surface area is 56.3 Å². The van der Waals surface area contributed by atoms with Crippen LogP contribution in [0.1, 0.15) is 10.4 Å². The van der Waals surface area contributed by atoms with Crippen molar-refractivity contribution in [2.45, 2.75) is 0 Å². The van der Waals surface area contributed by atoms with Crippen LogP contribution in [0.15, 0.2) is 30.3 Å². The van der Waals surface area contributed by atoms with Gasteiger partial charge in [-0.1, -0.05) is 30.3 Å². The second-order valence-electron chi connectivity index (χ2n) is 1.53. The summed E-state index contributed by atoms with van der Waals surface area (Å²) in [5.74, 6) is 0. The van der Waals surface area contributed by atoms with E-state index in [1.54, 1.807) is 12.1 Å². The molecule has 9 heavy (non-hydrogen) atoms. The van der Waals surface area contributed by atoms with Crippen molar-refractivity contribution in [2.75, 3.05) is 0 Å². The van der Waals surface area contributed by atoms with Crippen molar-refractivity contribution in [1.82, 2.24) is 0 Å². The normalized spacial score (nSPS) is 7.56. The van der Waals surface area contributed by atoms with E-state index in [9.17, 15) is 4.79 Å². The zero-order chi connectivity index (χ0) is 5.82. The summed E-state index contributed by atoms with van der Waals surface area (Å²) in [6.07, 6.45) is 0.833. The van der Waals surface area contributed by atoms with Crippen LogP contribution in [-0.4, -0.2) is 14.7 Å². The monoisotopic (exact) mass is 117 g/mol. The van der Waals surface area contributed by atoms with E-state index in [1.807, 2.05) is 18.2 Å². The summed E-state index contributed by atoms with van der Waals surface area (Å²) >= 11 is 0. The number of rotatable bonds is 1. The highest BCUT2D eigenvalue weighted by atomic mass is 16.1. The maximum absolute atomic E-state index is 10.0. The Hall–Kier alpha value is -1.05. The molecule has 0 aromatic heterocycles. The van der Waals surface area contributed by atoms with Crippen molar-refractivity contribution in [3.63, 3.8) is 0 Å². The van der Waals surface area contributed by atoms with E-state index >= 15 is 0 Å². The third-order valence-electron chi connectivity index (χ3n) is 0.936. The first-order valence-electron chi connectivity index (χ1n) is 2.44. The van der Waals surface area contributed by atoms with Crippen molar-refractivity contribution in [3.05, 3.63) is 35.9 Å². The van der Waals surface area contributed by atoms with Gasteiger partial charge >= 0.3 is 0 Å². The molecule has 1 aromatic carbocycles. The molecule has 1 rings (SSSR count). The minimum atomic E-state index is 0. The SMILES string of the molecule is O=Cc1ccccc1.[B]. The summed E-state index contributed by atoms with van der Waals surface area (Å²) in [5, 5.41) is 0. The van der Waals surface area contributed by atoms with E-state index in [-0.39, 0.29) is 8.41 Å². The third-order valence-corrected chi connectivity index (χ3v) is 0.936. The maximum atomic E-state index is 10.0. The molecule has 0 unspecified atom stereocenters. The highest BCUT2D eigenvalue weighted by Gasteiger charge is 1.79. The van der Waals surface area contributed by atoms with Crippen LogP contribution in [0.5, 0.6) is 0 Å². The fraction of sp³-hybridized carbons (Fsp3) is 0. The number of carbonyl (C=O) groups excluding carboxylic acids is 1. The zero-order valence-electron chi connectivity index (χ0n) is 4.95. The van der Waals surface area contributed by atoms with Gasteiger partial charge in [0.05, 0.1) is 0 Å². The van der Waals surface area contributed by atoms with Crippen LogP contribution >= 0.6 is 0 Å². The lowest BCUT2D eigenvalue weighted by molar-refractivity contribution is 0.112. The minimum Gasteiger partial charge on any atom is -0.298 e. The molecule has 1 aromatic rings. The van der Waals surface area contributed by atoms with Crippen molar-refractivity contribution < 1.29 is 4.79 Å². The van der Waals surface area contributed by atoms with Crippen molar-refractivity contribution in [1.29, 1.82) is 0 Å². The Bertz CT molecular complexity index is 172. The predicted molar refractivity (Wildman–Crippen MR) is 37.6 cm³/mol. The van der Waals surface area contributed by atoms with Gasteiger partial charge in [0.25, 0.3) is 0 Å². The van der Waals surface area contributed by atoms with Crippen LogP contribution in [-0.2, 0) is 0 Å². The summed E-state index contributed by atoms with van der Waals surface area (Å²) in [7, 11) is 0. The fourth-order valence-corrected chi connectivity index (χ4v) is 0.532. The van der Waals surface area contributed by atoms with Crippen LogP contribution < -0.4 is 0 Å². The lowest BCUT2D eigenvalue weighted by Crippen LogP contribution is -1.73. The smallest absolute Gasteiger partial charge is 0.150 e. The molecule has 0 amide bonds. The summed E-state index contributed by atoms with van der Waals surface area (Å²) in [6, 6.07) is 9.10. The van der Waals surface area contributed by atoms with Crippen LogP contribution in [0.2, 0.25) is 0 Å². The molecule has 0 saturated carbocycles. The summed E-state index contributed by atoms with van der Waals surface area (Å²) < 4.78 is 0. The molecule has 0 heterocycles. The Morgan fingerprint density at radius 2 is 1.67 bits per heavy atom. The molecule has 2 heteroatoms. The first-order valence-corrected chi connectivity index (χ1v) is 2.44. The first kappa shape index (κ1) is 7.95. The van der Waals surface area contributed by atoms with Gasteiger partial charge in [0.1, 0.15) is 6.29 Å². The lowest BCUT2D eigenvalue weighted by atomic mass is 10.2. The van der Waals surface area contributed by atoms with Crippen molar-refractivity contribution in [3.8, 4) is 0 Å². The molecule has 0 saturated heterocycles. The van der Waals surface area contributed by atoms with E-state index in [0.29, 0.717) is 0 Å². The Morgan fingerprint density at radius 1 is 1.11 bits per heavy atom. The molecule has 0 fully saturated rings. The van der Waals surface area contributed by atoms with Gasteiger partial charge in [-0.3, -0.25) is 4.79 Å². The van der Waals surface area contributed by atoms with E-state index in [0.717, 1.165) is 11.8 Å². The molecule has 1 nitrogen and oxygen atoms in total. The average molecular weight is 117 g/mol. The molecule has 0 aliphatic heterocycles. The number of hydrogen-bond acceptors (Lipinski definition) is 1. The van der Waals surface area contributed by atoms with Gasteiger partial charge in [0.15, 0.2) is 0 Å². The third kappa shape index (κ3) is 2.13. The van der Waals surface area contributed by atoms with Gasteiger partial charge in [-0.2, -0.15) is 0 Å².